The molecule has 2 atom stereocenters. The topological polar surface area (TPSA) is 38.5 Å². The highest BCUT2D eigenvalue weighted by atomic mass is 16.5. The molecule has 0 bridgehead atoms. The fourth-order valence-electron chi connectivity index (χ4n) is 2.84. The number of benzene rings is 1. The molecule has 1 aliphatic heterocycles. The largest absolute Gasteiger partial charge is 0.376 e. The van der Waals surface area contributed by atoms with Crippen LogP contribution >= 0.6 is 0 Å². The minimum absolute atomic E-state index is 0.246. The van der Waals surface area contributed by atoms with E-state index < -0.39 is 0 Å². The van der Waals surface area contributed by atoms with Gasteiger partial charge in [0.1, 0.15) is 0 Å². The second kappa shape index (κ2) is 7.65. The maximum Gasteiger partial charge on any atom is 0.0749 e. The van der Waals surface area contributed by atoms with Crippen LogP contribution < -0.4 is 10.6 Å². The van der Waals surface area contributed by atoms with Gasteiger partial charge < -0.3 is 15.4 Å². The van der Waals surface area contributed by atoms with Gasteiger partial charge in [0.2, 0.25) is 0 Å². The Morgan fingerprint density at radius 3 is 2.85 bits per heavy atom. The Labute approximate surface area is 123 Å². The normalized spacial score (nSPS) is 20.6. The fourth-order valence-corrected chi connectivity index (χ4v) is 2.84. The molecule has 0 radical (unpaired) electrons. The molecule has 2 rings (SSSR count). The van der Waals surface area contributed by atoms with Gasteiger partial charge in [-0.05, 0) is 43.7 Å². The minimum Gasteiger partial charge on any atom is -0.376 e. The van der Waals surface area contributed by atoms with Crippen molar-refractivity contribution in [2.75, 3.05) is 25.1 Å². The van der Waals surface area contributed by atoms with E-state index in [1.165, 1.54) is 30.5 Å². The Kier molecular flexibility index (Phi) is 5.86. The maximum atomic E-state index is 6.12. The van der Waals surface area contributed by atoms with E-state index in [4.69, 9.17) is 10.5 Å². The second-order valence-electron chi connectivity index (χ2n) is 5.87. The molecule has 112 valence electrons. The number of anilines is 1. The van der Waals surface area contributed by atoms with Crippen LogP contribution in [0.3, 0.4) is 0 Å². The first kappa shape index (κ1) is 15.3. The van der Waals surface area contributed by atoms with E-state index in [2.05, 4.69) is 43.1 Å². The van der Waals surface area contributed by atoms with Crippen molar-refractivity contribution in [1.29, 1.82) is 0 Å². The summed E-state index contributed by atoms with van der Waals surface area (Å²) < 4.78 is 5.85. The van der Waals surface area contributed by atoms with Gasteiger partial charge in [0, 0.05) is 31.9 Å². The van der Waals surface area contributed by atoms with E-state index in [1.807, 2.05) is 0 Å². The highest BCUT2D eigenvalue weighted by Gasteiger charge is 2.17. The van der Waals surface area contributed by atoms with Gasteiger partial charge >= 0.3 is 0 Å². The van der Waals surface area contributed by atoms with Gasteiger partial charge in [0.05, 0.1) is 6.10 Å². The number of para-hydroxylation sites is 1. The Bertz CT molecular complexity index is 402. The summed E-state index contributed by atoms with van der Waals surface area (Å²) in [6, 6.07) is 8.85. The van der Waals surface area contributed by atoms with Crippen LogP contribution in [0.5, 0.6) is 0 Å². The van der Waals surface area contributed by atoms with E-state index in [0.717, 1.165) is 26.0 Å². The van der Waals surface area contributed by atoms with Crippen molar-refractivity contribution in [3.8, 4) is 0 Å². The van der Waals surface area contributed by atoms with Gasteiger partial charge in [-0.25, -0.2) is 0 Å². The molecule has 1 aromatic rings. The van der Waals surface area contributed by atoms with Gasteiger partial charge in [-0.3, -0.25) is 0 Å². The van der Waals surface area contributed by atoms with Crippen LogP contribution in [-0.4, -0.2) is 32.3 Å². The van der Waals surface area contributed by atoms with Crippen LogP contribution in [0.25, 0.3) is 0 Å². The van der Waals surface area contributed by atoms with Crippen molar-refractivity contribution in [3.63, 3.8) is 0 Å². The van der Waals surface area contributed by atoms with Crippen LogP contribution in [0, 0.1) is 0 Å². The number of nitrogens with zero attached hydrogens (tertiary/aromatic N) is 1. The van der Waals surface area contributed by atoms with Gasteiger partial charge in [0.25, 0.3) is 0 Å². The summed E-state index contributed by atoms with van der Waals surface area (Å²) in [5.41, 5.74) is 8.76. The fraction of sp³-hybridized carbons (Fsp3) is 0.647. The highest BCUT2D eigenvalue weighted by Crippen LogP contribution is 2.23. The monoisotopic (exact) mass is 276 g/mol. The summed E-state index contributed by atoms with van der Waals surface area (Å²) in [5.74, 6) is 0. The predicted octanol–water partition coefficient (Wildman–Crippen LogP) is 2.97. The maximum absolute atomic E-state index is 6.12. The van der Waals surface area contributed by atoms with E-state index in [0.29, 0.717) is 6.10 Å². The van der Waals surface area contributed by atoms with E-state index in [-0.39, 0.29) is 6.04 Å². The Morgan fingerprint density at radius 2 is 2.15 bits per heavy atom. The van der Waals surface area contributed by atoms with Crippen LogP contribution in [0.2, 0.25) is 0 Å². The first-order chi connectivity index (χ1) is 9.70. The summed E-state index contributed by atoms with van der Waals surface area (Å²) in [6.45, 7) is 4.03. The lowest BCUT2D eigenvalue weighted by Gasteiger charge is -2.30. The molecular formula is C17H28N2O. The second-order valence-corrected chi connectivity index (χ2v) is 5.87. The first-order valence-electron chi connectivity index (χ1n) is 7.87. The molecule has 1 heterocycles. The molecule has 1 aliphatic rings. The summed E-state index contributed by atoms with van der Waals surface area (Å²) in [7, 11) is 2.16. The SMILES string of the molecule is CCC(N)Cc1ccccc1N(C)CC1CCCCO1. The zero-order chi connectivity index (χ0) is 14.4. The van der Waals surface area contributed by atoms with Crippen LogP contribution in [-0.2, 0) is 11.2 Å². The number of rotatable bonds is 6. The Morgan fingerprint density at radius 1 is 1.35 bits per heavy atom. The molecule has 0 aliphatic carbocycles. The van der Waals surface area contributed by atoms with Crippen LogP contribution in [0.4, 0.5) is 5.69 Å². The molecule has 3 nitrogen and oxygen atoms in total. The highest BCUT2D eigenvalue weighted by molar-refractivity contribution is 5.53. The lowest BCUT2D eigenvalue weighted by molar-refractivity contribution is 0.0216. The summed E-state index contributed by atoms with van der Waals surface area (Å²) >= 11 is 0. The van der Waals surface area contributed by atoms with Crippen LogP contribution in [0.1, 0.15) is 38.2 Å². The van der Waals surface area contributed by atoms with Crippen molar-refractivity contribution in [2.45, 2.75) is 51.2 Å². The molecule has 1 fully saturated rings. The molecule has 0 aromatic heterocycles. The van der Waals surface area contributed by atoms with Gasteiger partial charge in [-0.15, -0.1) is 0 Å². The smallest absolute Gasteiger partial charge is 0.0749 e. The molecule has 1 saturated heterocycles. The lowest BCUT2D eigenvalue weighted by Crippen LogP contribution is -2.34. The Hall–Kier alpha value is -1.06. The molecule has 0 saturated carbocycles. The molecule has 20 heavy (non-hydrogen) atoms. The van der Waals surface area contributed by atoms with Crippen molar-refractivity contribution in [3.05, 3.63) is 29.8 Å². The molecule has 1 aromatic carbocycles. The van der Waals surface area contributed by atoms with Gasteiger partial charge in [-0.1, -0.05) is 25.1 Å². The van der Waals surface area contributed by atoms with Crippen molar-refractivity contribution in [1.82, 2.24) is 0 Å². The molecule has 2 unspecified atom stereocenters. The third-order valence-corrected chi connectivity index (χ3v) is 4.16. The summed E-state index contributed by atoms with van der Waals surface area (Å²) in [5, 5.41) is 0. The number of nitrogens with two attached hydrogens (primary N) is 1. The molecule has 0 spiro atoms. The zero-order valence-corrected chi connectivity index (χ0v) is 12.8. The van der Waals surface area contributed by atoms with Crippen LogP contribution in [0.15, 0.2) is 24.3 Å². The summed E-state index contributed by atoms with van der Waals surface area (Å²) in [4.78, 5) is 2.33. The average molecular weight is 276 g/mol. The Balaban J connectivity index is 2.02. The number of ether oxygens (including phenoxy) is 1. The van der Waals surface area contributed by atoms with Crippen molar-refractivity contribution in [2.24, 2.45) is 5.73 Å². The van der Waals surface area contributed by atoms with E-state index >= 15 is 0 Å². The lowest BCUT2D eigenvalue weighted by atomic mass is 10.0. The van der Waals surface area contributed by atoms with E-state index in [1.54, 1.807) is 0 Å². The van der Waals surface area contributed by atoms with E-state index in [9.17, 15) is 0 Å². The third-order valence-electron chi connectivity index (χ3n) is 4.16. The number of hydrogen-bond donors (Lipinski definition) is 1. The molecule has 3 heteroatoms. The average Bonchev–Trinajstić information content (AvgIpc) is 2.48. The van der Waals surface area contributed by atoms with Crippen molar-refractivity contribution < 1.29 is 4.74 Å². The first-order valence-corrected chi connectivity index (χ1v) is 7.87. The van der Waals surface area contributed by atoms with Crippen molar-refractivity contribution >= 4 is 5.69 Å². The van der Waals surface area contributed by atoms with Gasteiger partial charge in [-0.2, -0.15) is 0 Å². The molecule has 2 N–H and O–H groups in total. The number of hydrogen-bond acceptors (Lipinski definition) is 3. The summed E-state index contributed by atoms with van der Waals surface area (Å²) in [6.07, 6.45) is 6.03. The number of likely N-dealkylation sites (N-methyl/N-ethyl adjacent to an activating group) is 1. The van der Waals surface area contributed by atoms with Gasteiger partial charge in [0.15, 0.2) is 0 Å². The standard InChI is InChI=1S/C17H28N2O/c1-3-15(18)12-14-8-4-5-10-17(14)19(2)13-16-9-6-7-11-20-16/h4-5,8,10,15-16H,3,6-7,9,11-13,18H2,1-2H3. The molecular weight excluding hydrogens is 248 g/mol. The minimum atomic E-state index is 0.246. The molecule has 0 amide bonds. The quantitative estimate of drug-likeness (QED) is 0.868. The zero-order valence-electron chi connectivity index (χ0n) is 12.8. The third kappa shape index (κ3) is 4.22. The predicted molar refractivity (Wildman–Crippen MR) is 85.3 cm³/mol.